The van der Waals surface area contributed by atoms with E-state index < -0.39 is 0 Å². The van der Waals surface area contributed by atoms with E-state index in [0.29, 0.717) is 32.1 Å². The summed E-state index contributed by atoms with van der Waals surface area (Å²) in [6.45, 7) is 7.42. The molecule has 0 aromatic heterocycles. The number of rotatable bonds is 2. The number of carbonyl (C=O) groups excluding carboxylic acids is 2. The van der Waals surface area contributed by atoms with Crippen LogP contribution in [-0.4, -0.2) is 72.6 Å². The van der Waals surface area contributed by atoms with Crippen LogP contribution in [0.5, 0.6) is 11.5 Å². The SMILES string of the molecule is CC1CCN(C(=O)C(=O)N2CCN(Cc3ccc4c(c3)OCO4)CC2)CC1. The number of likely N-dealkylation sites (tertiary alicyclic amines) is 1. The molecule has 146 valence electrons. The number of piperazine rings is 1. The Morgan fingerprint density at radius 3 is 2.26 bits per heavy atom. The Balaban J connectivity index is 1.27. The van der Waals surface area contributed by atoms with E-state index in [1.807, 2.05) is 18.2 Å². The molecule has 3 heterocycles. The molecule has 27 heavy (non-hydrogen) atoms. The van der Waals surface area contributed by atoms with Crippen LogP contribution < -0.4 is 9.47 Å². The fourth-order valence-corrected chi connectivity index (χ4v) is 3.89. The van der Waals surface area contributed by atoms with Crippen LogP contribution in [0.25, 0.3) is 0 Å². The van der Waals surface area contributed by atoms with Gasteiger partial charge in [0.25, 0.3) is 0 Å². The molecule has 0 radical (unpaired) electrons. The highest BCUT2D eigenvalue weighted by Crippen LogP contribution is 2.32. The molecule has 7 heteroatoms. The first-order chi connectivity index (χ1) is 13.1. The number of piperidine rings is 1. The molecular weight excluding hydrogens is 346 g/mol. The van der Waals surface area contributed by atoms with Crippen molar-refractivity contribution in [3.8, 4) is 11.5 Å². The van der Waals surface area contributed by atoms with E-state index in [-0.39, 0.29) is 18.6 Å². The third-order valence-electron chi connectivity index (χ3n) is 5.76. The van der Waals surface area contributed by atoms with Crippen molar-refractivity contribution in [3.63, 3.8) is 0 Å². The molecule has 0 saturated carbocycles. The summed E-state index contributed by atoms with van der Waals surface area (Å²) < 4.78 is 10.8. The fourth-order valence-electron chi connectivity index (χ4n) is 3.89. The number of fused-ring (bicyclic) bond motifs is 1. The minimum Gasteiger partial charge on any atom is -0.454 e. The van der Waals surface area contributed by atoms with Crippen molar-refractivity contribution in [2.45, 2.75) is 26.3 Å². The second-order valence-corrected chi connectivity index (χ2v) is 7.73. The van der Waals surface area contributed by atoms with Gasteiger partial charge in [-0.25, -0.2) is 0 Å². The van der Waals surface area contributed by atoms with Crippen LogP contribution in [0, 0.1) is 5.92 Å². The Bertz CT molecular complexity index is 707. The van der Waals surface area contributed by atoms with Crippen LogP contribution in [0.3, 0.4) is 0 Å². The first-order valence-electron chi connectivity index (χ1n) is 9.79. The highest BCUT2D eigenvalue weighted by atomic mass is 16.7. The van der Waals surface area contributed by atoms with E-state index in [4.69, 9.17) is 9.47 Å². The molecule has 2 fully saturated rings. The van der Waals surface area contributed by atoms with Crippen molar-refractivity contribution in [3.05, 3.63) is 23.8 Å². The maximum Gasteiger partial charge on any atom is 0.312 e. The Kier molecular flexibility index (Phi) is 5.20. The van der Waals surface area contributed by atoms with E-state index in [2.05, 4.69) is 11.8 Å². The van der Waals surface area contributed by atoms with Gasteiger partial charge in [0.2, 0.25) is 6.79 Å². The van der Waals surface area contributed by atoms with Gasteiger partial charge >= 0.3 is 11.8 Å². The lowest BCUT2D eigenvalue weighted by atomic mass is 9.99. The van der Waals surface area contributed by atoms with Gasteiger partial charge in [-0.15, -0.1) is 0 Å². The Labute approximate surface area is 159 Å². The first kappa shape index (κ1) is 18.1. The van der Waals surface area contributed by atoms with E-state index >= 15 is 0 Å². The molecule has 0 N–H and O–H groups in total. The number of ether oxygens (including phenoxy) is 2. The summed E-state index contributed by atoms with van der Waals surface area (Å²) in [7, 11) is 0. The zero-order chi connectivity index (χ0) is 18.8. The van der Waals surface area contributed by atoms with Gasteiger partial charge in [-0.3, -0.25) is 14.5 Å². The smallest absolute Gasteiger partial charge is 0.312 e. The molecule has 1 aromatic rings. The lowest BCUT2D eigenvalue weighted by molar-refractivity contribution is -0.153. The van der Waals surface area contributed by atoms with Crippen molar-refractivity contribution < 1.29 is 19.1 Å². The maximum absolute atomic E-state index is 12.6. The highest BCUT2D eigenvalue weighted by molar-refractivity contribution is 6.34. The van der Waals surface area contributed by atoms with Gasteiger partial charge in [-0.1, -0.05) is 13.0 Å². The monoisotopic (exact) mass is 373 g/mol. The number of amides is 2. The highest BCUT2D eigenvalue weighted by Gasteiger charge is 2.31. The Morgan fingerprint density at radius 2 is 1.56 bits per heavy atom. The normalized spacial score (nSPS) is 20.8. The van der Waals surface area contributed by atoms with Crippen LogP contribution in [0.15, 0.2) is 18.2 Å². The van der Waals surface area contributed by atoms with Crippen LogP contribution >= 0.6 is 0 Å². The molecule has 3 aliphatic heterocycles. The van der Waals surface area contributed by atoms with Crippen molar-refractivity contribution >= 4 is 11.8 Å². The predicted octanol–water partition coefficient (Wildman–Crippen LogP) is 1.32. The second kappa shape index (κ2) is 7.76. The third kappa shape index (κ3) is 4.03. The summed E-state index contributed by atoms with van der Waals surface area (Å²) in [5.74, 6) is 1.56. The van der Waals surface area contributed by atoms with Crippen molar-refractivity contribution in [2.24, 2.45) is 5.92 Å². The van der Waals surface area contributed by atoms with Gasteiger partial charge in [0.05, 0.1) is 0 Å². The molecule has 0 aliphatic carbocycles. The lowest BCUT2D eigenvalue weighted by Crippen LogP contribution is -2.53. The molecule has 3 aliphatic rings. The average Bonchev–Trinajstić information content (AvgIpc) is 3.16. The molecule has 2 saturated heterocycles. The zero-order valence-corrected chi connectivity index (χ0v) is 15.9. The predicted molar refractivity (Wildman–Crippen MR) is 99.4 cm³/mol. The second-order valence-electron chi connectivity index (χ2n) is 7.73. The van der Waals surface area contributed by atoms with Crippen molar-refractivity contribution in [1.29, 1.82) is 0 Å². The number of carbonyl (C=O) groups is 2. The number of hydrogen-bond donors (Lipinski definition) is 0. The largest absolute Gasteiger partial charge is 0.454 e. The average molecular weight is 373 g/mol. The molecule has 0 bridgehead atoms. The molecule has 2 amide bonds. The summed E-state index contributed by atoms with van der Waals surface area (Å²) in [5, 5.41) is 0. The third-order valence-corrected chi connectivity index (χ3v) is 5.76. The molecule has 0 atom stereocenters. The Hall–Kier alpha value is -2.28. The van der Waals surface area contributed by atoms with E-state index in [1.165, 1.54) is 0 Å². The molecule has 1 aromatic carbocycles. The van der Waals surface area contributed by atoms with Gasteiger partial charge in [-0.05, 0) is 36.5 Å². The van der Waals surface area contributed by atoms with E-state index in [1.54, 1.807) is 9.80 Å². The van der Waals surface area contributed by atoms with Crippen molar-refractivity contribution in [2.75, 3.05) is 46.1 Å². The van der Waals surface area contributed by atoms with E-state index in [0.717, 1.165) is 49.5 Å². The standard InChI is InChI=1S/C20H27N3O4/c1-15-4-6-22(7-5-15)19(24)20(25)23-10-8-21(9-11-23)13-16-2-3-17-18(12-16)27-14-26-17/h2-3,12,15H,4-11,13-14H2,1H3. The van der Waals surface area contributed by atoms with Gasteiger partial charge in [0, 0.05) is 45.8 Å². The summed E-state index contributed by atoms with van der Waals surface area (Å²) in [4.78, 5) is 30.8. The minimum absolute atomic E-state index is 0.281. The van der Waals surface area contributed by atoms with E-state index in [9.17, 15) is 9.59 Å². The molecular formula is C20H27N3O4. The minimum atomic E-state index is -0.340. The van der Waals surface area contributed by atoms with Gasteiger partial charge in [-0.2, -0.15) is 0 Å². The topological polar surface area (TPSA) is 62.3 Å². The summed E-state index contributed by atoms with van der Waals surface area (Å²) in [6.07, 6.45) is 1.98. The molecule has 0 unspecified atom stereocenters. The Morgan fingerprint density at radius 1 is 0.926 bits per heavy atom. The summed E-state index contributed by atoms with van der Waals surface area (Å²) in [5.41, 5.74) is 1.16. The van der Waals surface area contributed by atoms with Gasteiger partial charge < -0.3 is 19.3 Å². The van der Waals surface area contributed by atoms with Crippen LogP contribution in [0.1, 0.15) is 25.3 Å². The quantitative estimate of drug-likeness (QED) is 0.732. The maximum atomic E-state index is 12.6. The molecule has 0 spiro atoms. The van der Waals surface area contributed by atoms with Gasteiger partial charge in [0.15, 0.2) is 11.5 Å². The van der Waals surface area contributed by atoms with Crippen molar-refractivity contribution in [1.82, 2.24) is 14.7 Å². The summed E-state index contributed by atoms with van der Waals surface area (Å²) in [6, 6.07) is 6.00. The number of nitrogens with zero attached hydrogens (tertiary/aromatic N) is 3. The summed E-state index contributed by atoms with van der Waals surface area (Å²) >= 11 is 0. The number of benzene rings is 1. The fraction of sp³-hybridized carbons (Fsp3) is 0.600. The molecule has 4 rings (SSSR count). The van der Waals surface area contributed by atoms with Crippen LogP contribution in [-0.2, 0) is 16.1 Å². The van der Waals surface area contributed by atoms with Crippen LogP contribution in [0.4, 0.5) is 0 Å². The zero-order valence-electron chi connectivity index (χ0n) is 15.9. The van der Waals surface area contributed by atoms with Gasteiger partial charge in [0.1, 0.15) is 0 Å². The number of hydrogen-bond acceptors (Lipinski definition) is 5. The molecule has 7 nitrogen and oxygen atoms in total. The van der Waals surface area contributed by atoms with Crippen LogP contribution in [0.2, 0.25) is 0 Å². The lowest BCUT2D eigenvalue weighted by Gasteiger charge is -2.36. The first-order valence-corrected chi connectivity index (χ1v) is 9.79.